The fourth-order valence-electron chi connectivity index (χ4n) is 1.74. The van der Waals surface area contributed by atoms with E-state index in [1.165, 1.54) is 18.3 Å². The Labute approximate surface area is 101 Å². The smallest absolute Gasteiger partial charge is 0.272 e. The zero-order valence-electron chi connectivity index (χ0n) is 9.20. The maximum Gasteiger partial charge on any atom is 0.272 e. The number of carbonyl (C=O) groups is 1. The topological polar surface area (TPSA) is 73.6 Å². The molecule has 0 aliphatic heterocycles. The van der Waals surface area contributed by atoms with Crippen molar-refractivity contribution in [3.63, 3.8) is 0 Å². The first-order chi connectivity index (χ1) is 8.72. The average Bonchev–Trinajstić information content (AvgIpc) is 2.96. The predicted octanol–water partition coefficient (Wildman–Crippen LogP) is 2.28. The second-order valence-corrected chi connectivity index (χ2v) is 3.86. The van der Waals surface area contributed by atoms with Crippen molar-refractivity contribution < 1.29 is 9.18 Å². The van der Waals surface area contributed by atoms with Crippen LogP contribution in [0, 0.1) is 5.82 Å². The average molecular weight is 244 g/mol. The van der Waals surface area contributed by atoms with Crippen LogP contribution in [-0.2, 0) is 0 Å². The number of anilines is 1. The van der Waals surface area contributed by atoms with E-state index in [1.807, 2.05) is 0 Å². The number of benzene rings is 1. The third-order valence-corrected chi connectivity index (χ3v) is 2.58. The minimum atomic E-state index is -0.330. The fraction of sp³-hybridized carbons (Fsp3) is 0. The largest absolute Gasteiger partial charge is 0.351 e. The second kappa shape index (κ2) is 3.99. The standard InChI is InChI=1S/C12H9FN4O/c13-8-1-2-10-7(3-8)4-11(17-10)12(18)16-9-5-14-15-6-9/h1-6,17H,(H,14,15)(H,16,18). The molecule has 0 aliphatic rings. The molecule has 18 heavy (non-hydrogen) atoms. The molecule has 5 nitrogen and oxygen atoms in total. The van der Waals surface area contributed by atoms with Gasteiger partial charge < -0.3 is 10.3 Å². The molecule has 0 fully saturated rings. The van der Waals surface area contributed by atoms with Gasteiger partial charge in [0.25, 0.3) is 5.91 Å². The van der Waals surface area contributed by atoms with E-state index in [0.29, 0.717) is 22.3 Å². The molecule has 2 aromatic heterocycles. The summed E-state index contributed by atoms with van der Waals surface area (Å²) in [7, 11) is 0. The van der Waals surface area contributed by atoms with Crippen molar-refractivity contribution in [2.75, 3.05) is 5.32 Å². The van der Waals surface area contributed by atoms with E-state index in [-0.39, 0.29) is 11.7 Å². The van der Waals surface area contributed by atoms with Gasteiger partial charge in [0.2, 0.25) is 0 Å². The van der Waals surface area contributed by atoms with Crippen LogP contribution in [0.5, 0.6) is 0 Å². The van der Waals surface area contributed by atoms with Crippen molar-refractivity contribution in [3.8, 4) is 0 Å². The maximum atomic E-state index is 13.0. The Balaban J connectivity index is 1.92. The van der Waals surface area contributed by atoms with Crippen LogP contribution in [0.15, 0.2) is 36.7 Å². The predicted molar refractivity (Wildman–Crippen MR) is 64.8 cm³/mol. The molecule has 90 valence electrons. The Morgan fingerprint density at radius 1 is 1.33 bits per heavy atom. The quantitative estimate of drug-likeness (QED) is 0.647. The van der Waals surface area contributed by atoms with Crippen LogP contribution in [0.1, 0.15) is 10.5 Å². The Kier molecular flexibility index (Phi) is 2.33. The number of nitrogens with one attached hydrogen (secondary N) is 3. The number of halogens is 1. The van der Waals surface area contributed by atoms with Gasteiger partial charge in [-0.05, 0) is 24.3 Å². The monoisotopic (exact) mass is 244 g/mol. The molecule has 3 N–H and O–H groups in total. The van der Waals surface area contributed by atoms with Crippen LogP contribution in [0.2, 0.25) is 0 Å². The summed E-state index contributed by atoms with van der Waals surface area (Å²) in [6, 6.07) is 5.92. The molecule has 0 atom stereocenters. The van der Waals surface area contributed by atoms with Gasteiger partial charge in [0, 0.05) is 17.1 Å². The molecule has 3 rings (SSSR count). The van der Waals surface area contributed by atoms with Gasteiger partial charge >= 0.3 is 0 Å². The zero-order valence-corrected chi connectivity index (χ0v) is 9.20. The summed E-state index contributed by atoms with van der Waals surface area (Å²) in [5, 5.41) is 9.64. The molecule has 1 aromatic carbocycles. The van der Waals surface area contributed by atoms with E-state index in [2.05, 4.69) is 20.5 Å². The zero-order chi connectivity index (χ0) is 12.5. The highest BCUT2D eigenvalue weighted by atomic mass is 19.1. The van der Waals surface area contributed by atoms with Gasteiger partial charge in [-0.25, -0.2) is 4.39 Å². The number of fused-ring (bicyclic) bond motifs is 1. The number of carbonyl (C=O) groups excluding carboxylic acids is 1. The van der Waals surface area contributed by atoms with Crippen molar-refractivity contribution in [3.05, 3.63) is 48.2 Å². The van der Waals surface area contributed by atoms with E-state index in [4.69, 9.17) is 0 Å². The number of hydrogen-bond acceptors (Lipinski definition) is 2. The van der Waals surface area contributed by atoms with Gasteiger partial charge in [-0.3, -0.25) is 9.89 Å². The van der Waals surface area contributed by atoms with Crippen molar-refractivity contribution in [2.45, 2.75) is 0 Å². The molecule has 0 saturated heterocycles. The van der Waals surface area contributed by atoms with E-state index in [0.717, 1.165) is 0 Å². The van der Waals surface area contributed by atoms with E-state index in [1.54, 1.807) is 18.3 Å². The number of hydrogen-bond donors (Lipinski definition) is 3. The fourth-order valence-corrected chi connectivity index (χ4v) is 1.74. The lowest BCUT2D eigenvalue weighted by Gasteiger charge is -1.98. The minimum Gasteiger partial charge on any atom is -0.351 e. The third-order valence-electron chi connectivity index (χ3n) is 2.58. The molecule has 0 unspecified atom stereocenters. The lowest BCUT2D eigenvalue weighted by Crippen LogP contribution is -2.11. The molecule has 0 saturated carbocycles. The molecule has 0 radical (unpaired) electrons. The molecule has 0 spiro atoms. The summed E-state index contributed by atoms with van der Waals surface area (Å²) in [6.07, 6.45) is 3.07. The summed E-state index contributed by atoms with van der Waals surface area (Å²) in [4.78, 5) is 14.8. The summed E-state index contributed by atoms with van der Waals surface area (Å²) in [5.41, 5.74) is 1.66. The maximum absolute atomic E-state index is 13.0. The Morgan fingerprint density at radius 2 is 2.22 bits per heavy atom. The lowest BCUT2D eigenvalue weighted by molar-refractivity contribution is 0.102. The number of H-pyrrole nitrogens is 2. The number of nitrogens with zero attached hydrogens (tertiary/aromatic N) is 1. The van der Waals surface area contributed by atoms with Crippen LogP contribution >= 0.6 is 0 Å². The molecule has 0 aliphatic carbocycles. The minimum absolute atomic E-state index is 0.298. The van der Waals surface area contributed by atoms with E-state index >= 15 is 0 Å². The van der Waals surface area contributed by atoms with Crippen LogP contribution in [0.25, 0.3) is 10.9 Å². The van der Waals surface area contributed by atoms with Crippen LogP contribution < -0.4 is 5.32 Å². The first kappa shape index (κ1) is 10.5. The molecule has 0 bridgehead atoms. The molecule has 6 heteroatoms. The highest BCUT2D eigenvalue weighted by Crippen LogP contribution is 2.17. The third kappa shape index (κ3) is 1.84. The molecular formula is C12H9FN4O. The molecule has 3 aromatic rings. The van der Waals surface area contributed by atoms with Crippen LogP contribution in [0.4, 0.5) is 10.1 Å². The summed E-state index contributed by atoms with van der Waals surface area (Å²) < 4.78 is 13.0. The van der Waals surface area contributed by atoms with Crippen molar-refractivity contribution in [2.24, 2.45) is 0 Å². The van der Waals surface area contributed by atoms with Gasteiger partial charge in [-0.2, -0.15) is 5.10 Å². The SMILES string of the molecule is O=C(Nc1cn[nH]c1)c1cc2cc(F)ccc2[nH]1. The van der Waals surface area contributed by atoms with Crippen LogP contribution in [-0.4, -0.2) is 21.1 Å². The number of aromatic amines is 2. The van der Waals surface area contributed by atoms with Crippen molar-refractivity contribution >= 4 is 22.5 Å². The number of amides is 1. The second-order valence-electron chi connectivity index (χ2n) is 3.86. The summed E-state index contributed by atoms with van der Waals surface area (Å²) >= 11 is 0. The molecule has 2 heterocycles. The van der Waals surface area contributed by atoms with Crippen molar-refractivity contribution in [1.82, 2.24) is 15.2 Å². The van der Waals surface area contributed by atoms with Gasteiger partial charge in [-0.15, -0.1) is 0 Å². The van der Waals surface area contributed by atoms with E-state index < -0.39 is 0 Å². The Morgan fingerprint density at radius 3 is 3.00 bits per heavy atom. The lowest BCUT2D eigenvalue weighted by atomic mass is 10.2. The number of aromatic nitrogens is 3. The first-order valence-corrected chi connectivity index (χ1v) is 5.31. The van der Waals surface area contributed by atoms with Crippen LogP contribution in [0.3, 0.4) is 0 Å². The molecule has 1 amide bonds. The van der Waals surface area contributed by atoms with Gasteiger partial charge in [-0.1, -0.05) is 0 Å². The first-order valence-electron chi connectivity index (χ1n) is 5.31. The highest BCUT2D eigenvalue weighted by molar-refractivity contribution is 6.05. The van der Waals surface area contributed by atoms with Gasteiger partial charge in [0.05, 0.1) is 11.9 Å². The van der Waals surface area contributed by atoms with E-state index in [9.17, 15) is 9.18 Å². The van der Waals surface area contributed by atoms with Gasteiger partial charge in [0.15, 0.2) is 0 Å². The van der Waals surface area contributed by atoms with Crippen molar-refractivity contribution in [1.29, 1.82) is 0 Å². The van der Waals surface area contributed by atoms with Gasteiger partial charge in [0.1, 0.15) is 11.5 Å². The molecular weight excluding hydrogens is 235 g/mol. The summed E-state index contributed by atoms with van der Waals surface area (Å²) in [5.74, 6) is -0.628. The Bertz CT molecular complexity index is 702. The number of rotatable bonds is 2. The summed E-state index contributed by atoms with van der Waals surface area (Å²) in [6.45, 7) is 0. The Hall–Kier alpha value is -2.63. The highest BCUT2D eigenvalue weighted by Gasteiger charge is 2.10. The normalized spacial score (nSPS) is 10.7.